The minimum absolute atomic E-state index is 0.0452. The molecule has 10 heteroatoms. The van der Waals surface area contributed by atoms with Crippen LogP contribution >= 0.6 is 11.3 Å². The monoisotopic (exact) mass is 718 g/mol. The zero-order valence-electron chi connectivity index (χ0n) is 30.1. The molecule has 0 aliphatic carbocycles. The summed E-state index contributed by atoms with van der Waals surface area (Å²) in [5.41, 5.74) is 3.76. The fraction of sp³-hybridized carbons (Fsp3) is 0.310. The van der Waals surface area contributed by atoms with E-state index < -0.39 is 17.9 Å². The molecular weight excluding hydrogens is 673 g/mol. The van der Waals surface area contributed by atoms with Crippen LogP contribution in [-0.4, -0.2) is 45.5 Å². The van der Waals surface area contributed by atoms with Crippen LogP contribution in [0.2, 0.25) is 0 Å². The van der Waals surface area contributed by atoms with Crippen molar-refractivity contribution in [1.82, 2.24) is 15.3 Å². The van der Waals surface area contributed by atoms with E-state index in [1.165, 1.54) is 49.2 Å². The van der Waals surface area contributed by atoms with Crippen molar-refractivity contribution in [3.8, 4) is 28.3 Å². The molecule has 0 aliphatic rings. The van der Waals surface area contributed by atoms with Gasteiger partial charge < -0.3 is 20.5 Å². The minimum Gasteiger partial charge on any atom is -0.494 e. The van der Waals surface area contributed by atoms with E-state index in [-0.39, 0.29) is 23.3 Å². The van der Waals surface area contributed by atoms with Crippen LogP contribution in [0.4, 0.5) is 5.69 Å². The molecule has 52 heavy (non-hydrogen) atoms. The number of benzene rings is 3. The highest BCUT2D eigenvalue weighted by atomic mass is 32.1. The van der Waals surface area contributed by atoms with E-state index in [1.54, 1.807) is 30.6 Å². The number of nitrogens with one attached hydrogen (secondary N) is 2. The largest absolute Gasteiger partial charge is 0.494 e. The number of hydrogen-bond acceptors (Lipinski definition) is 7. The van der Waals surface area contributed by atoms with Crippen molar-refractivity contribution in [1.29, 1.82) is 0 Å². The van der Waals surface area contributed by atoms with E-state index >= 15 is 0 Å². The Morgan fingerprint density at radius 1 is 0.827 bits per heavy atom. The van der Waals surface area contributed by atoms with Crippen molar-refractivity contribution in [3.05, 3.63) is 118 Å². The van der Waals surface area contributed by atoms with Crippen LogP contribution in [0, 0.1) is 0 Å². The van der Waals surface area contributed by atoms with Gasteiger partial charge in [0.05, 0.1) is 17.0 Å². The van der Waals surface area contributed by atoms with Gasteiger partial charge in [-0.05, 0) is 65.4 Å². The van der Waals surface area contributed by atoms with Crippen LogP contribution in [0.3, 0.4) is 0 Å². The molecule has 3 N–H and O–H groups in total. The van der Waals surface area contributed by atoms with Gasteiger partial charge in [-0.2, -0.15) is 0 Å². The third-order valence-electron chi connectivity index (χ3n) is 8.58. The van der Waals surface area contributed by atoms with Crippen LogP contribution in [0.25, 0.3) is 22.5 Å². The van der Waals surface area contributed by atoms with Gasteiger partial charge in [0, 0.05) is 40.5 Å². The molecule has 5 aromatic rings. The third kappa shape index (κ3) is 10.6. The summed E-state index contributed by atoms with van der Waals surface area (Å²) in [7, 11) is 0. The van der Waals surface area contributed by atoms with Gasteiger partial charge in [0.15, 0.2) is 5.82 Å². The first-order valence-corrected chi connectivity index (χ1v) is 18.5. The first kappa shape index (κ1) is 37.9. The lowest BCUT2D eigenvalue weighted by Gasteiger charge is -2.19. The van der Waals surface area contributed by atoms with E-state index in [0.717, 1.165) is 45.9 Å². The lowest BCUT2D eigenvalue weighted by molar-refractivity contribution is -0.118. The second-order valence-electron chi connectivity index (χ2n) is 13.8. The summed E-state index contributed by atoms with van der Waals surface area (Å²) in [5, 5.41) is 15.1. The Morgan fingerprint density at radius 2 is 1.52 bits per heavy atom. The summed E-state index contributed by atoms with van der Waals surface area (Å²) >= 11 is 1.39. The first-order chi connectivity index (χ1) is 25.0. The molecule has 270 valence electrons. The van der Waals surface area contributed by atoms with Gasteiger partial charge in [0.2, 0.25) is 5.91 Å². The SMILES string of the molecule is CCCCCCCOc1ccc(-c2cnc(-c3ccc(CC(NC(=O)c4ccc(C(C)(C)C)s4)C(=O)Nc4cccc(C(=O)O)c4)cc3)nc2)cc1. The molecular formula is C42H46N4O5S. The normalized spacial score (nSPS) is 11.8. The molecule has 0 spiro atoms. The predicted molar refractivity (Wildman–Crippen MR) is 207 cm³/mol. The number of carboxylic acids is 1. The number of carbonyl (C=O) groups is 3. The summed E-state index contributed by atoms with van der Waals surface area (Å²) in [5.74, 6) is -0.510. The van der Waals surface area contributed by atoms with Crippen molar-refractivity contribution >= 4 is 34.8 Å². The number of thiophene rings is 1. The molecule has 2 amide bonds. The van der Waals surface area contributed by atoms with Gasteiger partial charge in [-0.15, -0.1) is 11.3 Å². The van der Waals surface area contributed by atoms with Crippen LogP contribution < -0.4 is 15.4 Å². The Kier molecular flexibility index (Phi) is 12.9. The second-order valence-corrected chi connectivity index (χ2v) is 14.9. The maximum atomic E-state index is 13.6. The number of aromatic carboxylic acids is 1. The van der Waals surface area contributed by atoms with Crippen molar-refractivity contribution < 1.29 is 24.2 Å². The minimum atomic E-state index is -1.10. The Labute approximate surface area is 309 Å². The summed E-state index contributed by atoms with van der Waals surface area (Å²) < 4.78 is 5.90. The van der Waals surface area contributed by atoms with E-state index in [9.17, 15) is 19.5 Å². The summed E-state index contributed by atoms with van der Waals surface area (Å²) in [4.78, 5) is 49.2. The molecule has 0 saturated carbocycles. The lowest BCUT2D eigenvalue weighted by Crippen LogP contribution is -2.45. The number of carbonyl (C=O) groups excluding carboxylic acids is 2. The zero-order valence-corrected chi connectivity index (χ0v) is 31.0. The molecule has 0 fully saturated rings. The van der Waals surface area contributed by atoms with Gasteiger partial charge in [0.1, 0.15) is 11.8 Å². The van der Waals surface area contributed by atoms with Crippen molar-refractivity contribution in [2.45, 2.75) is 77.7 Å². The average Bonchev–Trinajstić information content (AvgIpc) is 3.66. The van der Waals surface area contributed by atoms with Crippen molar-refractivity contribution in [2.75, 3.05) is 11.9 Å². The molecule has 2 heterocycles. The van der Waals surface area contributed by atoms with E-state index in [2.05, 4.69) is 48.3 Å². The maximum absolute atomic E-state index is 13.6. The Balaban J connectivity index is 1.25. The number of amides is 2. The van der Waals surface area contributed by atoms with Crippen molar-refractivity contribution in [3.63, 3.8) is 0 Å². The molecule has 0 radical (unpaired) electrons. The Morgan fingerprint density at radius 3 is 2.17 bits per heavy atom. The highest BCUT2D eigenvalue weighted by Gasteiger charge is 2.25. The summed E-state index contributed by atoms with van der Waals surface area (Å²) in [6, 6.07) is 24.3. The van der Waals surface area contributed by atoms with Crippen LogP contribution in [-0.2, 0) is 16.6 Å². The van der Waals surface area contributed by atoms with Crippen molar-refractivity contribution in [2.24, 2.45) is 0 Å². The first-order valence-electron chi connectivity index (χ1n) is 17.7. The van der Waals surface area contributed by atoms with Crippen LogP contribution in [0.15, 0.2) is 97.3 Å². The van der Waals surface area contributed by atoms with Gasteiger partial charge in [0.25, 0.3) is 5.91 Å². The van der Waals surface area contributed by atoms with E-state index in [1.807, 2.05) is 54.6 Å². The van der Waals surface area contributed by atoms with Crippen LogP contribution in [0.5, 0.6) is 5.75 Å². The summed E-state index contributed by atoms with van der Waals surface area (Å²) in [6.07, 6.45) is 9.80. The van der Waals surface area contributed by atoms with Crippen LogP contribution in [0.1, 0.15) is 90.3 Å². The van der Waals surface area contributed by atoms with Gasteiger partial charge >= 0.3 is 5.97 Å². The standard InChI is InChI=1S/C42H46N4O5S/c1-5-6-7-8-9-23-51-34-19-17-29(18-20-34)32-26-43-38(44-27-32)30-15-13-28(14-16-30)24-35(39(47)45-33-12-10-11-31(25-33)41(49)50)46-40(48)36-21-22-37(52-36)42(2,3)4/h10-22,25-27,35H,5-9,23-24H2,1-4H3,(H,45,47)(H,46,48)(H,49,50). The lowest BCUT2D eigenvalue weighted by atomic mass is 9.95. The molecule has 3 aromatic carbocycles. The number of rotatable bonds is 16. The van der Waals surface area contributed by atoms with Gasteiger partial charge in [-0.25, -0.2) is 14.8 Å². The van der Waals surface area contributed by atoms with E-state index in [0.29, 0.717) is 16.4 Å². The zero-order chi connectivity index (χ0) is 37.1. The Hall–Kier alpha value is -5.35. The molecule has 1 unspecified atom stereocenters. The quantitative estimate of drug-likeness (QED) is 0.0868. The number of aromatic nitrogens is 2. The number of carboxylic acid groups (broad SMARTS) is 1. The molecule has 9 nitrogen and oxygen atoms in total. The Bertz CT molecular complexity index is 1950. The third-order valence-corrected chi connectivity index (χ3v) is 10.1. The molecule has 0 aliphatic heterocycles. The number of nitrogens with zero attached hydrogens (tertiary/aromatic N) is 2. The highest BCUT2D eigenvalue weighted by Crippen LogP contribution is 2.30. The predicted octanol–water partition coefficient (Wildman–Crippen LogP) is 9.20. The summed E-state index contributed by atoms with van der Waals surface area (Å²) in [6.45, 7) is 9.17. The molecule has 2 aromatic heterocycles. The molecule has 0 bridgehead atoms. The van der Waals surface area contributed by atoms with Gasteiger partial charge in [-0.3, -0.25) is 9.59 Å². The topological polar surface area (TPSA) is 131 Å². The number of hydrogen-bond donors (Lipinski definition) is 3. The smallest absolute Gasteiger partial charge is 0.335 e. The molecule has 5 rings (SSSR count). The highest BCUT2D eigenvalue weighted by molar-refractivity contribution is 7.14. The number of ether oxygens (including phenoxy) is 1. The average molecular weight is 719 g/mol. The molecule has 1 atom stereocenters. The fourth-order valence-electron chi connectivity index (χ4n) is 5.55. The second kappa shape index (κ2) is 17.7. The molecule has 0 saturated heterocycles. The van der Waals surface area contributed by atoms with Gasteiger partial charge in [-0.1, -0.05) is 95.8 Å². The van der Waals surface area contributed by atoms with E-state index in [4.69, 9.17) is 4.74 Å². The number of anilines is 1. The maximum Gasteiger partial charge on any atom is 0.335 e. The number of unbranched alkanes of at least 4 members (excludes halogenated alkanes) is 4. The fourth-order valence-corrected chi connectivity index (χ4v) is 6.52.